The standard InChI is InChI=1S/C46H76O22/c1-11-12-13-14-15-16-17-18-19-20-21-56-43-33(54)32(53)35(23(3)58-43)66-44-34(55)39(36(24(4)59-44)61-26(6)47)68-45-41(64-29(9)50)38(31(52)22(2)57-45)67-46-42(65-30(10)51)40(63-28(8)49)37(25(5)60-46)62-27(7)48/h22-25,31-46,52-55H,11-21H2,1-10H3/t22-,23-,24-,25-,31-,32-,33+,34+,35-,36-,37-,38+,39-,40+,41+,42+,43+,44-,45-,46-/m0/s1. The fourth-order valence-electron chi connectivity index (χ4n) is 8.84. The number of aliphatic hydroxyl groups excluding tert-OH is 4. The zero-order valence-corrected chi connectivity index (χ0v) is 41.0. The summed E-state index contributed by atoms with van der Waals surface area (Å²) in [7, 11) is 0. The van der Waals surface area contributed by atoms with Crippen molar-refractivity contribution in [2.45, 2.75) is 256 Å². The molecule has 4 aliphatic heterocycles. The molecule has 20 atom stereocenters. The molecule has 0 aromatic carbocycles. The van der Waals surface area contributed by atoms with Crippen LogP contribution in [0, 0.1) is 0 Å². The topological polar surface area (TPSA) is 286 Å². The van der Waals surface area contributed by atoms with Gasteiger partial charge in [0.15, 0.2) is 55.7 Å². The smallest absolute Gasteiger partial charge is 0.303 e. The van der Waals surface area contributed by atoms with Gasteiger partial charge in [0, 0.05) is 41.2 Å². The van der Waals surface area contributed by atoms with Gasteiger partial charge in [-0.25, -0.2) is 0 Å². The van der Waals surface area contributed by atoms with Crippen LogP contribution in [0.1, 0.15) is 133 Å². The number of hydrogen-bond donors (Lipinski definition) is 4. The minimum absolute atomic E-state index is 0.297. The van der Waals surface area contributed by atoms with E-state index in [4.69, 9.17) is 61.6 Å². The van der Waals surface area contributed by atoms with Crippen LogP contribution in [-0.2, 0) is 85.6 Å². The normalized spacial score (nSPS) is 38.5. The molecule has 4 saturated heterocycles. The molecular weight excluding hydrogens is 904 g/mol. The zero-order chi connectivity index (χ0) is 50.4. The quantitative estimate of drug-likeness (QED) is 0.0648. The number of rotatable bonds is 23. The van der Waals surface area contributed by atoms with Crippen LogP contribution < -0.4 is 0 Å². The van der Waals surface area contributed by atoms with Gasteiger partial charge in [0.1, 0.15) is 42.7 Å². The van der Waals surface area contributed by atoms with Crippen LogP contribution in [0.15, 0.2) is 0 Å². The van der Waals surface area contributed by atoms with Gasteiger partial charge in [0.25, 0.3) is 0 Å². The maximum absolute atomic E-state index is 12.7. The van der Waals surface area contributed by atoms with Crippen molar-refractivity contribution in [3.8, 4) is 0 Å². The molecule has 0 spiro atoms. The average molecular weight is 981 g/mol. The lowest BCUT2D eigenvalue weighted by Crippen LogP contribution is -2.67. The number of esters is 5. The van der Waals surface area contributed by atoms with E-state index in [1.54, 1.807) is 6.92 Å². The molecule has 4 N–H and O–H groups in total. The van der Waals surface area contributed by atoms with Crippen LogP contribution in [0.25, 0.3) is 0 Å². The molecule has 0 aliphatic carbocycles. The van der Waals surface area contributed by atoms with Gasteiger partial charge in [-0.3, -0.25) is 24.0 Å². The van der Waals surface area contributed by atoms with Crippen LogP contribution in [-0.4, -0.2) is 180 Å². The molecule has 0 aromatic heterocycles. The minimum Gasteiger partial charge on any atom is -0.457 e. The SMILES string of the molecule is CCCCCCCCCCCCO[C@@H]1O[C@@H](C)[C@H](O[C@@H]2O[C@@H](C)[C@H](OC(C)=O)[C@@H](O[C@@H]3O[C@@H](C)[C@H](O)[C@@H](O[C@@H]4O[C@@H](C)[C@H](OC(C)=O)[C@@H](OC(C)=O)[C@H]4OC(C)=O)[C@H]3OC(C)=O)[C@H]2O)[C@@H](O)[C@H]1O. The van der Waals surface area contributed by atoms with Crippen molar-refractivity contribution in [2.75, 3.05) is 6.61 Å². The Labute approximate surface area is 398 Å². The van der Waals surface area contributed by atoms with Crippen LogP contribution in [0.5, 0.6) is 0 Å². The second kappa shape index (κ2) is 27.5. The molecule has 0 amide bonds. The molecule has 4 fully saturated rings. The predicted molar refractivity (Wildman–Crippen MR) is 232 cm³/mol. The fraction of sp³-hybridized carbons (Fsp3) is 0.891. The Morgan fingerprint density at radius 1 is 0.368 bits per heavy atom. The third-order valence-corrected chi connectivity index (χ3v) is 12.2. The van der Waals surface area contributed by atoms with Gasteiger partial charge in [-0.2, -0.15) is 0 Å². The van der Waals surface area contributed by atoms with E-state index in [0.29, 0.717) is 6.61 Å². The van der Waals surface area contributed by atoms with Crippen molar-refractivity contribution < 1.29 is 106 Å². The Morgan fingerprint density at radius 3 is 1.22 bits per heavy atom. The summed E-state index contributed by atoms with van der Waals surface area (Å²) in [4.78, 5) is 62.0. The van der Waals surface area contributed by atoms with Gasteiger partial charge in [0.2, 0.25) is 0 Å². The van der Waals surface area contributed by atoms with Crippen molar-refractivity contribution in [3.63, 3.8) is 0 Å². The Hall–Kier alpha value is -3.13. The first-order chi connectivity index (χ1) is 32.1. The van der Waals surface area contributed by atoms with Gasteiger partial charge in [-0.15, -0.1) is 0 Å². The van der Waals surface area contributed by atoms with E-state index in [1.807, 2.05) is 0 Å². The largest absolute Gasteiger partial charge is 0.457 e. The summed E-state index contributed by atoms with van der Waals surface area (Å²) in [6.45, 7) is 13.9. The summed E-state index contributed by atoms with van der Waals surface area (Å²) in [5.74, 6) is -4.17. The molecular formula is C46H76O22. The van der Waals surface area contributed by atoms with Gasteiger partial charge in [0.05, 0.1) is 24.4 Å². The van der Waals surface area contributed by atoms with Crippen LogP contribution in [0.2, 0.25) is 0 Å². The zero-order valence-electron chi connectivity index (χ0n) is 41.0. The summed E-state index contributed by atoms with van der Waals surface area (Å²) >= 11 is 0. The number of aliphatic hydroxyl groups is 4. The molecule has 0 aromatic rings. The highest BCUT2D eigenvalue weighted by Gasteiger charge is 2.58. The first-order valence-corrected chi connectivity index (χ1v) is 23.9. The lowest BCUT2D eigenvalue weighted by Gasteiger charge is -2.50. The molecule has 68 heavy (non-hydrogen) atoms. The molecule has 22 nitrogen and oxygen atoms in total. The van der Waals surface area contributed by atoms with Crippen LogP contribution in [0.4, 0.5) is 0 Å². The summed E-state index contributed by atoms with van der Waals surface area (Å²) in [6, 6.07) is 0. The van der Waals surface area contributed by atoms with Crippen LogP contribution in [0.3, 0.4) is 0 Å². The first kappa shape index (κ1) is 57.4. The lowest BCUT2D eigenvalue weighted by molar-refractivity contribution is -0.385. The molecule has 0 radical (unpaired) electrons. The lowest BCUT2D eigenvalue weighted by atomic mass is 9.95. The van der Waals surface area contributed by atoms with Crippen molar-refractivity contribution >= 4 is 29.8 Å². The molecule has 392 valence electrons. The Balaban J connectivity index is 1.52. The van der Waals surface area contributed by atoms with E-state index in [1.165, 1.54) is 59.3 Å². The van der Waals surface area contributed by atoms with Crippen molar-refractivity contribution in [1.82, 2.24) is 0 Å². The third-order valence-electron chi connectivity index (χ3n) is 12.2. The molecule has 0 bridgehead atoms. The van der Waals surface area contributed by atoms with E-state index in [9.17, 15) is 44.4 Å². The van der Waals surface area contributed by atoms with E-state index in [-0.39, 0.29) is 0 Å². The summed E-state index contributed by atoms with van der Waals surface area (Å²) in [6.07, 6.45) is -17.7. The highest BCUT2D eigenvalue weighted by molar-refractivity contribution is 5.68. The number of ether oxygens (including phenoxy) is 13. The highest BCUT2D eigenvalue weighted by atomic mass is 16.8. The molecule has 4 rings (SSSR count). The first-order valence-electron chi connectivity index (χ1n) is 23.9. The molecule has 4 aliphatic rings. The minimum atomic E-state index is -1.85. The predicted octanol–water partition coefficient (Wildman–Crippen LogP) is 2.16. The summed E-state index contributed by atoms with van der Waals surface area (Å²) in [5, 5.41) is 45.9. The fourth-order valence-corrected chi connectivity index (χ4v) is 8.84. The maximum atomic E-state index is 12.7. The van der Waals surface area contributed by atoms with Crippen molar-refractivity contribution in [2.24, 2.45) is 0 Å². The van der Waals surface area contributed by atoms with E-state index >= 15 is 0 Å². The summed E-state index contributed by atoms with van der Waals surface area (Å²) < 4.78 is 76.1. The number of unbranched alkanes of at least 4 members (excludes halogenated alkanes) is 9. The van der Waals surface area contributed by atoms with Crippen LogP contribution >= 0.6 is 0 Å². The molecule has 4 heterocycles. The van der Waals surface area contributed by atoms with Gasteiger partial charge < -0.3 is 82.0 Å². The second-order valence-electron chi connectivity index (χ2n) is 18.0. The van der Waals surface area contributed by atoms with Crippen molar-refractivity contribution in [3.05, 3.63) is 0 Å². The molecule has 0 saturated carbocycles. The monoisotopic (exact) mass is 980 g/mol. The van der Waals surface area contributed by atoms with E-state index in [0.717, 1.165) is 60.3 Å². The number of hydrogen-bond acceptors (Lipinski definition) is 22. The Kier molecular flexibility index (Phi) is 23.2. The maximum Gasteiger partial charge on any atom is 0.303 e. The second-order valence-corrected chi connectivity index (χ2v) is 18.0. The van der Waals surface area contributed by atoms with E-state index < -0.39 is 153 Å². The Bertz CT molecular complexity index is 1600. The Morgan fingerprint density at radius 2 is 0.721 bits per heavy atom. The van der Waals surface area contributed by atoms with Crippen molar-refractivity contribution in [1.29, 1.82) is 0 Å². The summed E-state index contributed by atoms with van der Waals surface area (Å²) in [5.41, 5.74) is 0. The van der Waals surface area contributed by atoms with Gasteiger partial charge >= 0.3 is 29.8 Å². The highest BCUT2D eigenvalue weighted by Crippen LogP contribution is 2.37. The average Bonchev–Trinajstić information content (AvgIpc) is 3.25. The molecule has 0 unspecified atom stereocenters. The van der Waals surface area contributed by atoms with E-state index in [2.05, 4.69) is 6.92 Å². The molecule has 22 heteroatoms. The van der Waals surface area contributed by atoms with Gasteiger partial charge in [-0.05, 0) is 34.1 Å². The number of carbonyl (C=O) groups excluding carboxylic acids is 5. The third kappa shape index (κ3) is 16.2. The number of carbonyl (C=O) groups is 5. The van der Waals surface area contributed by atoms with Gasteiger partial charge in [-0.1, -0.05) is 64.7 Å².